The summed E-state index contributed by atoms with van der Waals surface area (Å²) in [6, 6.07) is 0. The fraction of sp³-hybridized carbons (Fsp3) is 0.600. The number of carbonyl (C=O) groups excluding carboxylic acids is 2. The van der Waals surface area contributed by atoms with Crippen molar-refractivity contribution >= 4 is 35.0 Å². The van der Waals surface area contributed by atoms with Crippen LogP contribution in [0.1, 0.15) is 12.8 Å². The molecule has 6 heteroatoms. The molecule has 0 atom stereocenters. The van der Waals surface area contributed by atoms with E-state index in [0.29, 0.717) is 26.2 Å². The van der Waals surface area contributed by atoms with Crippen molar-refractivity contribution in [2.24, 2.45) is 0 Å². The second-order valence-corrected chi connectivity index (χ2v) is 4.68. The standard InChI is InChI=1S/C10H12Cl2N2O2/c11-7-8(12)10(16)14-4-2-1-3-13(5-6-14)9(7)15/h1-6H2/b8-7-. The molecular formula is C10H12Cl2N2O2. The first-order valence-electron chi connectivity index (χ1n) is 5.25. The first-order valence-corrected chi connectivity index (χ1v) is 6.00. The van der Waals surface area contributed by atoms with Crippen molar-refractivity contribution < 1.29 is 9.59 Å². The maximum atomic E-state index is 11.9. The van der Waals surface area contributed by atoms with E-state index < -0.39 is 0 Å². The Labute approximate surface area is 104 Å². The van der Waals surface area contributed by atoms with Crippen molar-refractivity contribution in [1.29, 1.82) is 0 Å². The number of fused-ring (bicyclic) bond motifs is 3. The van der Waals surface area contributed by atoms with Crippen LogP contribution < -0.4 is 0 Å². The van der Waals surface area contributed by atoms with Crippen LogP contribution in [0.4, 0.5) is 0 Å². The molecule has 0 aromatic rings. The van der Waals surface area contributed by atoms with E-state index in [4.69, 9.17) is 23.2 Å². The molecule has 4 nitrogen and oxygen atoms in total. The van der Waals surface area contributed by atoms with Gasteiger partial charge in [0.25, 0.3) is 11.8 Å². The van der Waals surface area contributed by atoms with Crippen LogP contribution in [0.25, 0.3) is 0 Å². The van der Waals surface area contributed by atoms with Gasteiger partial charge >= 0.3 is 0 Å². The van der Waals surface area contributed by atoms with Gasteiger partial charge in [-0.2, -0.15) is 0 Å². The SMILES string of the molecule is O=C1/C(Cl)=C(/Cl)C(=O)N2CCCCN1CC2. The summed E-state index contributed by atoms with van der Waals surface area (Å²) in [4.78, 5) is 27.0. The largest absolute Gasteiger partial charge is 0.336 e. The molecule has 0 aromatic carbocycles. The molecule has 0 aliphatic carbocycles. The molecule has 0 radical (unpaired) electrons. The molecular weight excluding hydrogens is 251 g/mol. The number of halogens is 2. The third-order valence-electron chi connectivity index (χ3n) is 2.89. The fourth-order valence-corrected chi connectivity index (χ4v) is 2.34. The van der Waals surface area contributed by atoms with E-state index in [9.17, 15) is 9.59 Å². The Hall–Kier alpha value is -0.740. The molecule has 2 aliphatic heterocycles. The number of amides is 2. The Balaban J connectivity index is 2.41. The van der Waals surface area contributed by atoms with E-state index >= 15 is 0 Å². The van der Waals surface area contributed by atoms with Crippen molar-refractivity contribution in [2.45, 2.75) is 12.8 Å². The molecule has 0 unspecified atom stereocenters. The van der Waals surface area contributed by atoms with Gasteiger partial charge in [-0.25, -0.2) is 0 Å². The highest BCUT2D eigenvalue weighted by atomic mass is 35.5. The van der Waals surface area contributed by atoms with E-state index in [1.165, 1.54) is 0 Å². The summed E-state index contributed by atoms with van der Waals surface area (Å²) in [5.74, 6) is -0.664. The summed E-state index contributed by atoms with van der Waals surface area (Å²) in [5, 5.41) is -0.309. The Morgan fingerprint density at radius 2 is 1.12 bits per heavy atom. The second kappa shape index (κ2) is 4.63. The summed E-state index contributed by atoms with van der Waals surface area (Å²) in [6.07, 6.45) is 1.77. The summed E-state index contributed by atoms with van der Waals surface area (Å²) in [5.41, 5.74) is 0. The van der Waals surface area contributed by atoms with E-state index in [1.54, 1.807) is 9.80 Å². The van der Waals surface area contributed by atoms with Crippen LogP contribution >= 0.6 is 23.2 Å². The van der Waals surface area contributed by atoms with Gasteiger partial charge in [0.15, 0.2) is 0 Å². The molecule has 2 aliphatic rings. The third-order valence-corrected chi connectivity index (χ3v) is 3.69. The fourth-order valence-electron chi connectivity index (χ4n) is 1.94. The quantitative estimate of drug-likeness (QED) is 0.657. The highest BCUT2D eigenvalue weighted by Crippen LogP contribution is 2.23. The van der Waals surface area contributed by atoms with Crippen LogP contribution in [0.3, 0.4) is 0 Å². The zero-order valence-electron chi connectivity index (χ0n) is 8.71. The minimum Gasteiger partial charge on any atom is -0.336 e. The summed E-state index contributed by atoms with van der Waals surface area (Å²) in [6.45, 7) is 2.43. The number of rotatable bonds is 0. The zero-order chi connectivity index (χ0) is 11.7. The number of carbonyl (C=O) groups is 2. The lowest BCUT2D eigenvalue weighted by molar-refractivity contribution is -0.133. The van der Waals surface area contributed by atoms with Crippen molar-refractivity contribution in [2.75, 3.05) is 26.2 Å². The molecule has 0 spiro atoms. The highest BCUT2D eigenvalue weighted by Gasteiger charge is 2.30. The summed E-state index contributed by atoms with van der Waals surface area (Å²) < 4.78 is 0. The molecule has 0 N–H and O–H groups in total. The van der Waals surface area contributed by atoms with Crippen LogP contribution in [-0.4, -0.2) is 47.8 Å². The maximum Gasteiger partial charge on any atom is 0.267 e. The second-order valence-electron chi connectivity index (χ2n) is 3.92. The highest BCUT2D eigenvalue weighted by molar-refractivity contribution is 6.53. The lowest BCUT2D eigenvalue weighted by Gasteiger charge is -2.33. The first kappa shape index (κ1) is 11.7. The van der Waals surface area contributed by atoms with Gasteiger partial charge in [0.1, 0.15) is 10.1 Å². The Morgan fingerprint density at radius 3 is 1.50 bits per heavy atom. The molecule has 2 rings (SSSR count). The molecule has 1 fully saturated rings. The number of hydrogen-bond acceptors (Lipinski definition) is 2. The molecule has 16 heavy (non-hydrogen) atoms. The van der Waals surface area contributed by atoms with E-state index in [-0.39, 0.29) is 21.9 Å². The summed E-state index contributed by atoms with van der Waals surface area (Å²) in [7, 11) is 0. The average Bonchev–Trinajstić information content (AvgIpc) is 2.25. The van der Waals surface area contributed by atoms with Crippen molar-refractivity contribution in [3.63, 3.8) is 0 Å². The monoisotopic (exact) mass is 262 g/mol. The molecule has 2 bridgehead atoms. The lowest BCUT2D eigenvalue weighted by atomic mass is 10.2. The van der Waals surface area contributed by atoms with Gasteiger partial charge in [0, 0.05) is 26.2 Å². The normalized spacial score (nSPS) is 27.6. The zero-order valence-corrected chi connectivity index (χ0v) is 10.2. The van der Waals surface area contributed by atoms with Crippen molar-refractivity contribution in [1.82, 2.24) is 9.80 Å². The molecule has 1 saturated heterocycles. The van der Waals surface area contributed by atoms with Gasteiger partial charge in [-0.3, -0.25) is 9.59 Å². The van der Waals surface area contributed by atoms with E-state index in [0.717, 1.165) is 12.8 Å². The van der Waals surface area contributed by atoms with E-state index in [2.05, 4.69) is 0 Å². The molecule has 2 heterocycles. The van der Waals surface area contributed by atoms with Gasteiger partial charge < -0.3 is 9.80 Å². The smallest absolute Gasteiger partial charge is 0.267 e. The number of nitrogens with zero attached hydrogens (tertiary/aromatic N) is 2. The Morgan fingerprint density at radius 1 is 0.750 bits per heavy atom. The van der Waals surface area contributed by atoms with Crippen LogP contribution in [0.15, 0.2) is 10.1 Å². The van der Waals surface area contributed by atoms with Crippen molar-refractivity contribution in [3.05, 3.63) is 10.1 Å². The van der Waals surface area contributed by atoms with Crippen LogP contribution in [0.2, 0.25) is 0 Å². The minimum absolute atomic E-state index is 0.154. The van der Waals surface area contributed by atoms with E-state index in [1.807, 2.05) is 0 Å². The maximum absolute atomic E-state index is 11.9. The van der Waals surface area contributed by atoms with Gasteiger partial charge in [-0.05, 0) is 12.8 Å². The van der Waals surface area contributed by atoms with Gasteiger partial charge in [-0.15, -0.1) is 0 Å². The third kappa shape index (κ3) is 2.04. The Kier molecular flexibility index (Phi) is 3.40. The predicted molar refractivity (Wildman–Crippen MR) is 61.1 cm³/mol. The lowest BCUT2D eigenvalue weighted by Crippen LogP contribution is -2.46. The van der Waals surface area contributed by atoms with Crippen molar-refractivity contribution in [3.8, 4) is 0 Å². The number of hydrogen-bond donors (Lipinski definition) is 0. The predicted octanol–water partition coefficient (Wildman–Crippen LogP) is 1.14. The molecule has 0 saturated carbocycles. The van der Waals surface area contributed by atoms with Crippen LogP contribution in [0, 0.1) is 0 Å². The molecule has 88 valence electrons. The topological polar surface area (TPSA) is 40.6 Å². The Bertz CT molecular complexity index is 334. The van der Waals surface area contributed by atoms with Crippen LogP contribution in [0.5, 0.6) is 0 Å². The first-order chi connectivity index (χ1) is 7.61. The average molecular weight is 263 g/mol. The van der Waals surface area contributed by atoms with Gasteiger partial charge in [0.2, 0.25) is 0 Å². The molecule has 0 aromatic heterocycles. The minimum atomic E-state index is -0.332. The van der Waals surface area contributed by atoms with Crippen LogP contribution in [-0.2, 0) is 9.59 Å². The summed E-state index contributed by atoms with van der Waals surface area (Å²) >= 11 is 11.6. The molecule has 2 amide bonds. The van der Waals surface area contributed by atoms with Gasteiger partial charge in [-0.1, -0.05) is 23.2 Å². The van der Waals surface area contributed by atoms with Gasteiger partial charge in [0.05, 0.1) is 0 Å².